The van der Waals surface area contributed by atoms with Crippen molar-refractivity contribution in [3.63, 3.8) is 0 Å². The second-order valence-electron chi connectivity index (χ2n) is 5.29. The van der Waals surface area contributed by atoms with E-state index in [4.69, 9.17) is 13.7 Å². The minimum absolute atomic E-state index is 0.00227. The second kappa shape index (κ2) is 6.37. The van der Waals surface area contributed by atoms with Gasteiger partial charge in [0.1, 0.15) is 13.2 Å². The van der Waals surface area contributed by atoms with Crippen molar-refractivity contribution in [3.05, 3.63) is 53.6 Å². The molecule has 0 fully saturated rings. The van der Waals surface area contributed by atoms with Crippen LogP contribution >= 0.6 is 0 Å². The number of ether oxygens (including phenoxy) is 2. The van der Waals surface area contributed by atoms with Crippen molar-refractivity contribution >= 4 is 10.1 Å². The zero-order chi connectivity index (χ0) is 17.3. The van der Waals surface area contributed by atoms with E-state index in [-0.39, 0.29) is 29.6 Å². The van der Waals surface area contributed by atoms with Crippen molar-refractivity contribution in [3.8, 4) is 11.5 Å². The Kier molecular flexibility index (Phi) is 4.42. The van der Waals surface area contributed by atoms with E-state index >= 15 is 0 Å². The van der Waals surface area contributed by atoms with Crippen molar-refractivity contribution in [2.45, 2.75) is 17.9 Å². The van der Waals surface area contributed by atoms with Crippen molar-refractivity contribution in [1.29, 1.82) is 0 Å². The van der Waals surface area contributed by atoms with Crippen LogP contribution < -0.4 is 9.47 Å². The highest BCUT2D eigenvalue weighted by Gasteiger charge is 2.28. The van der Waals surface area contributed by atoms with Crippen LogP contribution in [0.25, 0.3) is 0 Å². The number of benzene rings is 2. The molecule has 24 heavy (non-hydrogen) atoms. The molecule has 0 aliphatic carbocycles. The van der Waals surface area contributed by atoms with Gasteiger partial charge in [-0.25, -0.2) is 4.39 Å². The third kappa shape index (κ3) is 3.34. The summed E-state index contributed by atoms with van der Waals surface area (Å²) in [5.74, 6) is -2.58. The van der Waals surface area contributed by atoms with Crippen LogP contribution in [-0.4, -0.2) is 27.7 Å². The van der Waals surface area contributed by atoms with Gasteiger partial charge in [0, 0.05) is 0 Å². The lowest BCUT2D eigenvalue weighted by Gasteiger charge is -2.26. The van der Waals surface area contributed by atoms with Gasteiger partial charge >= 0.3 is 0 Å². The van der Waals surface area contributed by atoms with E-state index in [1.54, 1.807) is 12.1 Å². The van der Waals surface area contributed by atoms with Gasteiger partial charge in [0.25, 0.3) is 10.1 Å². The molecule has 8 heteroatoms. The standard InChI is InChI=1S/C16H14F2O5S/c1-10-2-4-12(5-3-10)24(19,20)22-9-11-8-21-14-7-6-13(17)15(18)16(14)23-11/h2-7,11H,8-9H2,1H3/t11-/m1/s1. The first-order valence-electron chi connectivity index (χ1n) is 7.10. The molecule has 0 unspecified atom stereocenters. The summed E-state index contributed by atoms with van der Waals surface area (Å²) in [5.41, 5.74) is 0.909. The van der Waals surface area contributed by atoms with Gasteiger partial charge in [0.05, 0.1) is 4.90 Å². The Hall–Kier alpha value is -2.19. The van der Waals surface area contributed by atoms with Crippen LogP contribution in [0.5, 0.6) is 11.5 Å². The average molecular weight is 356 g/mol. The van der Waals surface area contributed by atoms with Crippen LogP contribution in [0.3, 0.4) is 0 Å². The van der Waals surface area contributed by atoms with Gasteiger partial charge in [0.15, 0.2) is 17.7 Å². The third-order valence-corrected chi connectivity index (χ3v) is 4.74. The Morgan fingerprint density at radius 1 is 1.17 bits per heavy atom. The molecule has 0 radical (unpaired) electrons. The molecule has 0 saturated carbocycles. The Morgan fingerprint density at radius 2 is 1.88 bits per heavy atom. The summed E-state index contributed by atoms with van der Waals surface area (Å²) in [6.45, 7) is 1.41. The Balaban J connectivity index is 1.69. The molecule has 0 bridgehead atoms. The maximum Gasteiger partial charge on any atom is 0.297 e. The topological polar surface area (TPSA) is 61.8 Å². The smallest absolute Gasteiger partial charge is 0.297 e. The molecule has 2 aromatic carbocycles. The number of fused-ring (bicyclic) bond motifs is 1. The molecule has 1 aliphatic heterocycles. The molecule has 128 valence electrons. The average Bonchev–Trinajstić information content (AvgIpc) is 2.57. The molecule has 0 N–H and O–H groups in total. The minimum atomic E-state index is -3.98. The van der Waals surface area contributed by atoms with Crippen molar-refractivity contribution < 1.29 is 30.9 Å². The van der Waals surface area contributed by atoms with Crippen molar-refractivity contribution in [2.75, 3.05) is 13.2 Å². The van der Waals surface area contributed by atoms with Crippen LogP contribution in [-0.2, 0) is 14.3 Å². The summed E-state index contributed by atoms with van der Waals surface area (Å²) >= 11 is 0. The normalized spacial score (nSPS) is 16.9. The van der Waals surface area contributed by atoms with Gasteiger partial charge < -0.3 is 9.47 Å². The molecule has 0 aromatic heterocycles. The molecule has 0 spiro atoms. The first-order chi connectivity index (χ1) is 11.4. The maximum atomic E-state index is 13.7. The number of rotatable bonds is 4. The Bertz CT molecular complexity index is 850. The van der Waals surface area contributed by atoms with Gasteiger partial charge in [-0.05, 0) is 31.2 Å². The molecule has 5 nitrogen and oxygen atoms in total. The number of halogens is 2. The zero-order valence-corrected chi connectivity index (χ0v) is 13.5. The summed E-state index contributed by atoms with van der Waals surface area (Å²) in [5, 5.41) is 0. The van der Waals surface area contributed by atoms with Gasteiger partial charge in [-0.1, -0.05) is 17.7 Å². The molecule has 2 aromatic rings. The lowest BCUT2D eigenvalue weighted by atomic mass is 10.2. The molecular formula is C16H14F2O5S. The van der Waals surface area contributed by atoms with E-state index in [1.807, 2.05) is 6.92 Å². The van der Waals surface area contributed by atoms with Crippen LogP contribution in [0.1, 0.15) is 5.56 Å². The van der Waals surface area contributed by atoms with E-state index in [0.717, 1.165) is 11.6 Å². The number of hydrogen-bond donors (Lipinski definition) is 0. The first-order valence-corrected chi connectivity index (χ1v) is 8.51. The Labute approximate surface area is 137 Å². The fourth-order valence-electron chi connectivity index (χ4n) is 2.14. The zero-order valence-electron chi connectivity index (χ0n) is 12.7. The highest BCUT2D eigenvalue weighted by molar-refractivity contribution is 7.86. The van der Waals surface area contributed by atoms with Crippen LogP contribution in [0.4, 0.5) is 8.78 Å². The summed E-state index contributed by atoms with van der Waals surface area (Å²) in [4.78, 5) is 0.00227. The summed E-state index contributed by atoms with van der Waals surface area (Å²) in [6, 6.07) is 8.31. The van der Waals surface area contributed by atoms with Crippen LogP contribution in [0.2, 0.25) is 0 Å². The molecule has 0 saturated heterocycles. The van der Waals surface area contributed by atoms with E-state index in [9.17, 15) is 17.2 Å². The molecule has 1 atom stereocenters. The lowest BCUT2D eigenvalue weighted by molar-refractivity contribution is 0.0505. The van der Waals surface area contributed by atoms with Gasteiger partial charge in [-0.2, -0.15) is 12.8 Å². The van der Waals surface area contributed by atoms with E-state index in [1.165, 1.54) is 18.2 Å². The Morgan fingerprint density at radius 3 is 2.58 bits per heavy atom. The summed E-state index contributed by atoms with van der Waals surface area (Å²) in [7, 11) is -3.98. The summed E-state index contributed by atoms with van der Waals surface area (Å²) < 4.78 is 66.6. The molecule has 1 aliphatic rings. The second-order valence-corrected chi connectivity index (χ2v) is 6.91. The fourth-order valence-corrected chi connectivity index (χ4v) is 3.08. The lowest BCUT2D eigenvalue weighted by Crippen LogP contribution is -2.34. The van der Waals surface area contributed by atoms with Crippen LogP contribution in [0.15, 0.2) is 41.3 Å². The van der Waals surface area contributed by atoms with Crippen molar-refractivity contribution in [1.82, 2.24) is 0 Å². The predicted octanol–water partition coefficient (Wildman–Crippen LogP) is 2.82. The maximum absolute atomic E-state index is 13.7. The van der Waals surface area contributed by atoms with E-state index in [0.29, 0.717) is 0 Å². The first kappa shape index (κ1) is 16.7. The van der Waals surface area contributed by atoms with Gasteiger partial charge in [-0.15, -0.1) is 0 Å². The number of hydrogen-bond acceptors (Lipinski definition) is 5. The van der Waals surface area contributed by atoms with E-state index in [2.05, 4.69) is 0 Å². The van der Waals surface area contributed by atoms with Gasteiger partial charge in [0.2, 0.25) is 11.6 Å². The monoisotopic (exact) mass is 356 g/mol. The summed E-state index contributed by atoms with van der Waals surface area (Å²) in [6.07, 6.45) is -0.881. The molecule has 3 rings (SSSR count). The fraction of sp³-hybridized carbons (Fsp3) is 0.250. The molecular weight excluding hydrogens is 342 g/mol. The quantitative estimate of drug-likeness (QED) is 0.789. The predicted molar refractivity (Wildman–Crippen MR) is 80.6 cm³/mol. The number of aryl methyl sites for hydroxylation is 1. The van der Waals surface area contributed by atoms with Crippen LogP contribution in [0, 0.1) is 18.6 Å². The minimum Gasteiger partial charge on any atom is -0.486 e. The highest BCUT2D eigenvalue weighted by Crippen LogP contribution is 2.35. The van der Waals surface area contributed by atoms with Crippen molar-refractivity contribution in [2.24, 2.45) is 0 Å². The van der Waals surface area contributed by atoms with Gasteiger partial charge in [-0.3, -0.25) is 4.18 Å². The SMILES string of the molecule is Cc1ccc(S(=O)(=O)OC[C@H]2COc3ccc(F)c(F)c3O2)cc1. The highest BCUT2D eigenvalue weighted by atomic mass is 32.2. The van der Waals surface area contributed by atoms with E-state index < -0.39 is 27.9 Å². The largest absolute Gasteiger partial charge is 0.486 e. The molecule has 1 heterocycles. The molecule has 0 amide bonds. The third-order valence-electron chi connectivity index (χ3n) is 3.44.